The molecular weight excluding hydrogens is 357 g/mol. The van der Waals surface area contributed by atoms with Crippen LogP contribution in [0, 0.1) is 11.3 Å². The molecule has 8 heteroatoms. The first-order valence-electron chi connectivity index (χ1n) is 8.11. The molecule has 2 rings (SSSR count). The van der Waals surface area contributed by atoms with Gasteiger partial charge in [-0.3, -0.25) is 4.99 Å². The highest BCUT2D eigenvalue weighted by Crippen LogP contribution is 2.18. The Kier molecular flexibility index (Phi) is 7.06. The van der Waals surface area contributed by atoms with Crippen molar-refractivity contribution >= 4 is 5.96 Å². The van der Waals surface area contributed by atoms with E-state index in [4.69, 9.17) is 5.26 Å². The summed E-state index contributed by atoms with van der Waals surface area (Å²) in [6.45, 7) is -0.321. The Balaban J connectivity index is 1.80. The van der Waals surface area contributed by atoms with Crippen LogP contribution in [-0.2, 0) is 13.1 Å². The van der Waals surface area contributed by atoms with Gasteiger partial charge in [-0.1, -0.05) is 24.3 Å². The summed E-state index contributed by atoms with van der Waals surface area (Å²) in [5.41, 5.74) is 2.47. The number of hydrogen-bond donors (Lipinski definition) is 2. The van der Waals surface area contributed by atoms with Crippen molar-refractivity contribution in [1.82, 2.24) is 10.6 Å². The number of alkyl halides is 3. The first kappa shape index (κ1) is 20.1. The molecule has 0 saturated heterocycles. The zero-order valence-corrected chi connectivity index (χ0v) is 14.7. The third kappa shape index (κ3) is 7.28. The van der Waals surface area contributed by atoms with Crippen molar-refractivity contribution in [2.24, 2.45) is 4.99 Å². The van der Waals surface area contributed by atoms with Gasteiger partial charge < -0.3 is 15.4 Å². The summed E-state index contributed by atoms with van der Waals surface area (Å²) in [4.78, 5) is 4.12. The van der Waals surface area contributed by atoms with Crippen LogP contribution in [0.25, 0.3) is 0 Å². The minimum Gasteiger partial charge on any atom is -0.484 e. The Morgan fingerprint density at radius 2 is 1.52 bits per heavy atom. The van der Waals surface area contributed by atoms with E-state index in [1.54, 1.807) is 31.3 Å². The molecule has 2 aromatic carbocycles. The summed E-state index contributed by atoms with van der Waals surface area (Å²) in [7, 11) is 1.64. The van der Waals surface area contributed by atoms with Crippen LogP contribution in [0.1, 0.15) is 16.7 Å². The molecule has 0 aliphatic heterocycles. The molecule has 0 unspecified atom stereocenters. The molecule has 0 heterocycles. The summed E-state index contributed by atoms with van der Waals surface area (Å²) >= 11 is 0. The number of hydrogen-bond acceptors (Lipinski definition) is 3. The third-order valence-corrected chi connectivity index (χ3v) is 3.55. The lowest BCUT2D eigenvalue weighted by atomic mass is 10.1. The maximum Gasteiger partial charge on any atom is 0.422 e. The average molecular weight is 376 g/mol. The van der Waals surface area contributed by atoms with Gasteiger partial charge in [-0.2, -0.15) is 18.4 Å². The molecule has 0 spiro atoms. The summed E-state index contributed by atoms with van der Waals surface area (Å²) in [5, 5.41) is 15.1. The molecule has 0 aliphatic carbocycles. The van der Waals surface area contributed by atoms with Crippen molar-refractivity contribution < 1.29 is 17.9 Å². The topological polar surface area (TPSA) is 69.4 Å². The molecule has 0 fully saturated rings. The second-order valence-corrected chi connectivity index (χ2v) is 5.64. The maximum absolute atomic E-state index is 12.1. The number of nitriles is 1. The number of halogens is 3. The Labute approximate surface area is 155 Å². The number of guanidine groups is 1. The van der Waals surface area contributed by atoms with E-state index < -0.39 is 12.8 Å². The van der Waals surface area contributed by atoms with Crippen LogP contribution < -0.4 is 15.4 Å². The van der Waals surface area contributed by atoms with Gasteiger partial charge in [0.2, 0.25) is 0 Å². The highest BCUT2D eigenvalue weighted by atomic mass is 19.4. The van der Waals surface area contributed by atoms with E-state index in [9.17, 15) is 13.2 Å². The van der Waals surface area contributed by atoms with Crippen molar-refractivity contribution in [3.63, 3.8) is 0 Å². The van der Waals surface area contributed by atoms with E-state index >= 15 is 0 Å². The van der Waals surface area contributed by atoms with E-state index in [0.29, 0.717) is 24.6 Å². The summed E-state index contributed by atoms with van der Waals surface area (Å²) in [6, 6.07) is 15.6. The first-order chi connectivity index (χ1) is 12.9. The molecule has 0 aromatic heterocycles. The molecule has 0 aliphatic rings. The lowest BCUT2D eigenvalue weighted by Gasteiger charge is -2.13. The highest BCUT2D eigenvalue weighted by molar-refractivity contribution is 5.79. The number of aliphatic imine (C=N–C) groups is 1. The second-order valence-electron chi connectivity index (χ2n) is 5.64. The van der Waals surface area contributed by atoms with Gasteiger partial charge in [0.1, 0.15) is 5.75 Å². The van der Waals surface area contributed by atoms with Gasteiger partial charge >= 0.3 is 6.18 Å². The molecule has 0 saturated carbocycles. The van der Waals surface area contributed by atoms with Gasteiger partial charge in [0, 0.05) is 20.1 Å². The zero-order valence-electron chi connectivity index (χ0n) is 14.7. The van der Waals surface area contributed by atoms with E-state index in [2.05, 4.69) is 26.4 Å². The molecule has 27 heavy (non-hydrogen) atoms. The highest BCUT2D eigenvalue weighted by Gasteiger charge is 2.28. The molecule has 0 amide bonds. The summed E-state index contributed by atoms with van der Waals surface area (Å²) in [6.07, 6.45) is -4.35. The Bertz CT molecular complexity index is 794. The smallest absolute Gasteiger partial charge is 0.422 e. The third-order valence-electron chi connectivity index (χ3n) is 3.55. The Morgan fingerprint density at radius 3 is 1.96 bits per heavy atom. The van der Waals surface area contributed by atoms with E-state index in [1.165, 1.54) is 12.1 Å². The molecule has 2 aromatic rings. The SMILES string of the molecule is CN=C(NCc1ccc(C#N)cc1)NCc1ccc(OCC(F)(F)F)cc1. The van der Waals surface area contributed by atoms with Gasteiger partial charge in [-0.25, -0.2) is 0 Å². The minimum absolute atomic E-state index is 0.166. The van der Waals surface area contributed by atoms with Crippen molar-refractivity contribution in [3.05, 3.63) is 65.2 Å². The quantitative estimate of drug-likeness (QED) is 0.599. The maximum atomic E-state index is 12.1. The number of ether oxygens (including phenoxy) is 1. The fourth-order valence-corrected chi connectivity index (χ4v) is 2.16. The fraction of sp³-hybridized carbons (Fsp3) is 0.263. The first-order valence-corrected chi connectivity index (χ1v) is 8.11. The fourth-order valence-electron chi connectivity index (χ4n) is 2.16. The van der Waals surface area contributed by atoms with Crippen LogP contribution in [0.15, 0.2) is 53.5 Å². The molecular formula is C19H19F3N4O. The normalized spacial score (nSPS) is 11.6. The standard InChI is InChI=1S/C19H19F3N4O/c1-24-18(25-11-15-4-2-14(10-23)3-5-15)26-12-16-6-8-17(9-7-16)27-13-19(20,21)22/h2-9H,11-13H2,1H3,(H2,24,25,26). The van der Waals surface area contributed by atoms with E-state index in [0.717, 1.165) is 11.1 Å². The molecule has 0 atom stereocenters. The zero-order chi connectivity index (χ0) is 19.7. The molecule has 2 N–H and O–H groups in total. The van der Waals surface area contributed by atoms with Crippen LogP contribution in [-0.4, -0.2) is 25.8 Å². The van der Waals surface area contributed by atoms with Crippen molar-refractivity contribution in [3.8, 4) is 11.8 Å². The second kappa shape index (κ2) is 9.48. The number of nitrogens with zero attached hydrogens (tertiary/aromatic N) is 2. The number of nitrogens with one attached hydrogen (secondary N) is 2. The van der Waals surface area contributed by atoms with E-state index in [-0.39, 0.29) is 5.75 Å². The van der Waals surface area contributed by atoms with E-state index in [1.807, 2.05) is 12.1 Å². The molecule has 0 radical (unpaired) electrons. The summed E-state index contributed by atoms with van der Waals surface area (Å²) < 4.78 is 41.1. The van der Waals surface area contributed by atoms with Gasteiger partial charge in [0.05, 0.1) is 11.6 Å². The van der Waals surface area contributed by atoms with Crippen molar-refractivity contribution in [1.29, 1.82) is 5.26 Å². The van der Waals surface area contributed by atoms with Crippen LogP contribution >= 0.6 is 0 Å². The van der Waals surface area contributed by atoms with Crippen LogP contribution in [0.4, 0.5) is 13.2 Å². The van der Waals surface area contributed by atoms with Crippen LogP contribution in [0.5, 0.6) is 5.75 Å². The summed E-state index contributed by atoms with van der Waals surface area (Å²) in [5.74, 6) is 0.746. The van der Waals surface area contributed by atoms with Crippen molar-refractivity contribution in [2.75, 3.05) is 13.7 Å². The van der Waals surface area contributed by atoms with Crippen LogP contribution in [0.3, 0.4) is 0 Å². The number of benzene rings is 2. The molecule has 5 nitrogen and oxygen atoms in total. The largest absolute Gasteiger partial charge is 0.484 e. The lowest BCUT2D eigenvalue weighted by molar-refractivity contribution is -0.153. The van der Waals surface area contributed by atoms with Gasteiger partial charge in [0.15, 0.2) is 12.6 Å². The van der Waals surface area contributed by atoms with Crippen molar-refractivity contribution in [2.45, 2.75) is 19.3 Å². The van der Waals surface area contributed by atoms with Gasteiger partial charge in [0.25, 0.3) is 0 Å². The van der Waals surface area contributed by atoms with Crippen LogP contribution in [0.2, 0.25) is 0 Å². The predicted molar refractivity (Wildman–Crippen MR) is 96.2 cm³/mol. The van der Waals surface area contributed by atoms with Gasteiger partial charge in [-0.05, 0) is 35.4 Å². The molecule has 0 bridgehead atoms. The monoisotopic (exact) mass is 376 g/mol. The van der Waals surface area contributed by atoms with Gasteiger partial charge in [-0.15, -0.1) is 0 Å². The Hall–Kier alpha value is -3.21. The lowest BCUT2D eigenvalue weighted by Crippen LogP contribution is -2.36. The Morgan fingerprint density at radius 1 is 1.00 bits per heavy atom. The minimum atomic E-state index is -4.35. The average Bonchev–Trinajstić information content (AvgIpc) is 2.67. The predicted octanol–water partition coefficient (Wildman–Crippen LogP) is 3.36. The number of rotatable bonds is 6. The molecule has 142 valence electrons.